The van der Waals surface area contributed by atoms with Gasteiger partial charge in [-0.1, -0.05) is 19.9 Å². The summed E-state index contributed by atoms with van der Waals surface area (Å²) in [6, 6.07) is 6.53. The second-order valence-corrected chi connectivity index (χ2v) is 5.36. The third-order valence-corrected chi connectivity index (χ3v) is 3.76. The lowest BCUT2D eigenvalue weighted by molar-refractivity contribution is -0.0976. The molecule has 0 saturated heterocycles. The molecule has 1 aliphatic rings. The average Bonchev–Trinajstić information content (AvgIpc) is 2.28. The van der Waals surface area contributed by atoms with Gasteiger partial charge in [-0.05, 0) is 32.4 Å². The van der Waals surface area contributed by atoms with Gasteiger partial charge in [-0.3, -0.25) is 0 Å². The number of aryl methyl sites for hydroxylation is 1. The van der Waals surface area contributed by atoms with Gasteiger partial charge in [-0.2, -0.15) is 0 Å². The minimum Gasteiger partial charge on any atom is -0.378 e. The molecule has 0 radical (unpaired) electrons. The first-order valence-corrected chi connectivity index (χ1v) is 6.36. The molecule has 1 aromatic rings. The summed E-state index contributed by atoms with van der Waals surface area (Å²) >= 11 is 0. The van der Waals surface area contributed by atoms with Gasteiger partial charge < -0.3 is 10.1 Å². The van der Waals surface area contributed by atoms with E-state index in [-0.39, 0.29) is 5.41 Å². The number of ether oxygens (including phenoxy) is 1. The van der Waals surface area contributed by atoms with Crippen molar-refractivity contribution in [2.45, 2.75) is 46.3 Å². The summed E-state index contributed by atoms with van der Waals surface area (Å²) in [5, 5.41) is 3.51. The number of nitrogens with one attached hydrogen (secondary N) is 1. The summed E-state index contributed by atoms with van der Waals surface area (Å²) in [6.45, 7) is 9.37. The van der Waals surface area contributed by atoms with Crippen molar-refractivity contribution in [1.82, 2.24) is 4.98 Å². The van der Waals surface area contributed by atoms with Gasteiger partial charge in [0.2, 0.25) is 0 Å². The van der Waals surface area contributed by atoms with Gasteiger partial charge in [-0.25, -0.2) is 4.98 Å². The molecule has 2 unspecified atom stereocenters. The lowest BCUT2D eigenvalue weighted by Gasteiger charge is -2.51. The monoisotopic (exact) mass is 234 g/mol. The molecule has 1 aromatic heterocycles. The van der Waals surface area contributed by atoms with E-state index < -0.39 is 0 Å². The Kier molecular flexibility index (Phi) is 3.38. The van der Waals surface area contributed by atoms with E-state index in [0.29, 0.717) is 12.1 Å². The molecular formula is C14H22N2O. The highest BCUT2D eigenvalue weighted by Crippen LogP contribution is 2.44. The maximum Gasteiger partial charge on any atom is 0.126 e. The molecule has 17 heavy (non-hydrogen) atoms. The van der Waals surface area contributed by atoms with Crippen molar-refractivity contribution in [1.29, 1.82) is 0 Å². The zero-order chi connectivity index (χ0) is 12.5. The summed E-state index contributed by atoms with van der Waals surface area (Å²) in [7, 11) is 0. The van der Waals surface area contributed by atoms with E-state index in [2.05, 4.69) is 31.1 Å². The zero-order valence-corrected chi connectivity index (χ0v) is 11.2. The molecule has 0 aliphatic heterocycles. The predicted octanol–water partition coefficient (Wildman–Crippen LogP) is 3.01. The number of aromatic nitrogens is 1. The quantitative estimate of drug-likeness (QED) is 0.869. The first kappa shape index (κ1) is 12.4. The van der Waals surface area contributed by atoms with Crippen LogP contribution in [0.3, 0.4) is 0 Å². The van der Waals surface area contributed by atoms with Gasteiger partial charge in [-0.15, -0.1) is 0 Å². The molecule has 0 spiro atoms. The third-order valence-electron chi connectivity index (χ3n) is 3.76. The fraction of sp³-hybridized carbons (Fsp3) is 0.643. The molecule has 0 amide bonds. The van der Waals surface area contributed by atoms with Crippen LogP contribution in [-0.2, 0) is 4.74 Å². The van der Waals surface area contributed by atoms with Crippen molar-refractivity contribution in [3.63, 3.8) is 0 Å². The number of hydrogen-bond acceptors (Lipinski definition) is 3. The van der Waals surface area contributed by atoms with Crippen LogP contribution in [0.4, 0.5) is 5.82 Å². The van der Waals surface area contributed by atoms with Gasteiger partial charge in [0.05, 0.1) is 6.10 Å². The standard InChI is InChI=1S/C14H22N2O/c1-5-17-12-9-11(14(12,3)4)16-13-8-6-7-10(2)15-13/h6-8,11-12H,5,9H2,1-4H3,(H,15,16). The van der Waals surface area contributed by atoms with Crippen molar-refractivity contribution in [2.24, 2.45) is 5.41 Å². The van der Waals surface area contributed by atoms with E-state index >= 15 is 0 Å². The molecule has 1 aliphatic carbocycles. The number of nitrogens with zero attached hydrogens (tertiary/aromatic N) is 1. The summed E-state index contributed by atoms with van der Waals surface area (Å²) in [5.41, 5.74) is 1.23. The lowest BCUT2D eigenvalue weighted by atomic mass is 9.64. The second kappa shape index (κ2) is 4.65. The summed E-state index contributed by atoms with van der Waals surface area (Å²) < 4.78 is 5.72. The Balaban J connectivity index is 1.98. The van der Waals surface area contributed by atoms with E-state index in [4.69, 9.17) is 4.74 Å². The molecular weight excluding hydrogens is 212 g/mol. The maximum atomic E-state index is 5.72. The summed E-state index contributed by atoms with van der Waals surface area (Å²) in [4.78, 5) is 4.48. The van der Waals surface area contributed by atoms with Gasteiger partial charge in [0.15, 0.2) is 0 Å². The highest BCUT2D eigenvalue weighted by atomic mass is 16.5. The topological polar surface area (TPSA) is 34.1 Å². The fourth-order valence-corrected chi connectivity index (χ4v) is 2.42. The molecule has 0 aromatic carbocycles. The van der Waals surface area contributed by atoms with E-state index in [1.165, 1.54) is 0 Å². The molecule has 2 atom stereocenters. The summed E-state index contributed by atoms with van der Waals surface area (Å²) in [6.07, 6.45) is 1.44. The van der Waals surface area contributed by atoms with Gasteiger partial charge in [0, 0.05) is 23.8 Å². The van der Waals surface area contributed by atoms with Gasteiger partial charge >= 0.3 is 0 Å². The normalized spacial score (nSPS) is 26.4. The first-order valence-electron chi connectivity index (χ1n) is 6.36. The highest BCUT2D eigenvalue weighted by Gasteiger charge is 2.48. The van der Waals surface area contributed by atoms with Crippen molar-refractivity contribution in [2.75, 3.05) is 11.9 Å². The SMILES string of the molecule is CCOC1CC(Nc2cccc(C)n2)C1(C)C. The summed E-state index contributed by atoms with van der Waals surface area (Å²) in [5.74, 6) is 0.970. The van der Waals surface area contributed by atoms with Crippen molar-refractivity contribution in [3.05, 3.63) is 23.9 Å². The Morgan fingerprint density at radius 3 is 2.82 bits per heavy atom. The Morgan fingerprint density at radius 2 is 2.24 bits per heavy atom. The van der Waals surface area contributed by atoms with E-state index in [0.717, 1.165) is 24.5 Å². The Hall–Kier alpha value is -1.09. The highest BCUT2D eigenvalue weighted by molar-refractivity contribution is 5.38. The molecule has 94 valence electrons. The van der Waals surface area contributed by atoms with E-state index in [1.807, 2.05) is 25.1 Å². The smallest absolute Gasteiger partial charge is 0.126 e. The number of anilines is 1. The minimum absolute atomic E-state index is 0.182. The van der Waals surface area contributed by atoms with Gasteiger partial charge in [0.1, 0.15) is 5.82 Å². The molecule has 1 saturated carbocycles. The predicted molar refractivity (Wildman–Crippen MR) is 70.2 cm³/mol. The van der Waals surface area contributed by atoms with Crippen LogP contribution in [0.1, 0.15) is 32.9 Å². The van der Waals surface area contributed by atoms with Crippen molar-refractivity contribution < 1.29 is 4.74 Å². The number of pyridine rings is 1. The van der Waals surface area contributed by atoms with E-state index in [9.17, 15) is 0 Å². The number of rotatable bonds is 4. The molecule has 1 heterocycles. The molecule has 3 nitrogen and oxygen atoms in total. The van der Waals surface area contributed by atoms with Crippen LogP contribution in [0.15, 0.2) is 18.2 Å². The van der Waals surface area contributed by atoms with Gasteiger partial charge in [0.25, 0.3) is 0 Å². The molecule has 3 heteroatoms. The zero-order valence-electron chi connectivity index (χ0n) is 11.2. The van der Waals surface area contributed by atoms with Crippen LogP contribution in [0, 0.1) is 12.3 Å². The van der Waals surface area contributed by atoms with Crippen LogP contribution in [-0.4, -0.2) is 23.7 Å². The molecule has 1 fully saturated rings. The molecule has 0 bridgehead atoms. The lowest BCUT2D eigenvalue weighted by Crippen LogP contribution is -2.58. The largest absolute Gasteiger partial charge is 0.378 e. The minimum atomic E-state index is 0.182. The molecule has 1 N–H and O–H groups in total. The maximum absolute atomic E-state index is 5.72. The Bertz CT molecular complexity index is 390. The van der Waals surface area contributed by atoms with Crippen LogP contribution in [0.5, 0.6) is 0 Å². The Morgan fingerprint density at radius 1 is 1.47 bits per heavy atom. The van der Waals surface area contributed by atoms with E-state index in [1.54, 1.807) is 0 Å². The van der Waals surface area contributed by atoms with Crippen LogP contribution in [0.25, 0.3) is 0 Å². The van der Waals surface area contributed by atoms with Crippen molar-refractivity contribution in [3.8, 4) is 0 Å². The second-order valence-electron chi connectivity index (χ2n) is 5.36. The fourth-order valence-electron chi connectivity index (χ4n) is 2.42. The average molecular weight is 234 g/mol. The van der Waals surface area contributed by atoms with Crippen LogP contribution < -0.4 is 5.32 Å². The van der Waals surface area contributed by atoms with Crippen LogP contribution >= 0.6 is 0 Å². The van der Waals surface area contributed by atoms with Crippen LogP contribution in [0.2, 0.25) is 0 Å². The number of hydrogen-bond donors (Lipinski definition) is 1. The van der Waals surface area contributed by atoms with Crippen molar-refractivity contribution >= 4 is 5.82 Å². The first-order chi connectivity index (χ1) is 8.04. The third kappa shape index (κ3) is 2.44. The molecule has 2 rings (SSSR count). The Labute approximate surface area is 104 Å².